The molecule has 3 aromatic rings. The van der Waals surface area contributed by atoms with Crippen LogP contribution < -0.4 is 10.2 Å². The number of carbonyl (C=O) groups excluding carboxylic acids is 1. The zero-order valence-electron chi connectivity index (χ0n) is 11.2. The Balaban J connectivity index is 1.91. The first-order valence-electron chi connectivity index (χ1n) is 6.29. The third kappa shape index (κ3) is 2.84. The van der Waals surface area contributed by atoms with Gasteiger partial charge in [-0.15, -0.1) is 5.10 Å². The van der Waals surface area contributed by atoms with Crippen LogP contribution in [0.2, 0.25) is 5.02 Å². The molecule has 0 fully saturated rings. The van der Waals surface area contributed by atoms with Crippen LogP contribution in [0, 0.1) is 0 Å². The number of nitrogens with one attached hydrogen (secondary N) is 1. The Morgan fingerprint density at radius 2 is 2.05 bits per heavy atom. The van der Waals surface area contributed by atoms with Gasteiger partial charge in [-0.2, -0.15) is 0 Å². The van der Waals surface area contributed by atoms with Crippen LogP contribution in [0.1, 0.15) is 10.4 Å². The van der Waals surface area contributed by atoms with Crippen LogP contribution in [0.4, 0.5) is 0 Å². The third-order valence-electron chi connectivity index (χ3n) is 3.05. The molecule has 4 nitrogen and oxygen atoms in total. The first kappa shape index (κ1) is 13.9. The topological polar surface area (TPSA) is 46.4 Å². The Bertz CT molecular complexity index is 882. The largest absolute Gasteiger partial charge is 0.318 e. The molecular formula is C15H12ClN3OS. The summed E-state index contributed by atoms with van der Waals surface area (Å²) in [6, 6.07) is 14.8. The number of amides is 1. The maximum Gasteiger partial charge on any atom is 0.271 e. The summed E-state index contributed by atoms with van der Waals surface area (Å²) >= 11 is 7.39. The monoisotopic (exact) mass is 317 g/mol. The number of carbonyl (C=O) groups is 1. The highest BCUT2D eigenvalue weighted by Gasteiger charge is 2.05. The molecule has 1 amide bonds. The second kappa shape index (κ2) is 5.71. The van der Waals surface area contributed by atoms with Crippen molar-refractivity contribution in [3.63, 3.8) is 0 Å². The molecule has 0 saturated carbocycles. The Morgan fingerprint density at radius 3 is 2.81 bits per heavy atom. The molecule has 0 aliphatic carbocycles. The summed E-state index contributed by atoms with van der Waals surface area (Å²) in [6.07, 6.45) is 0. The Morgan fingerprint density at radius 1 is 1.24 bits per heavy atom. The van der Waals surface area contributed by atoms with Crippen molar-refractivity contribution in [2.75, 3.05) is 0 Å². The number of aryl methyl sites for hydroxylation is 1. The van der Waals surface area contributed by atoms with E-state index in [1.54, 1.807) is 24.3 Å². The number of thiazole rings is 1. The molecule has 0 saturated heterocycles. The highest BCUT2D eigenvalue weighted by molar-refractivity contribution is 7.16. The van der Waals surface area contributed by atoms with E-state index in [-0.39, 0.29) is 5.91 Å². The molecule has 1 aromatic heterocycles. The predicted octanol–water partition coefficient (Wildman–Crippen LogP) is 3.14. The average Bonchev–Trinajstić information content (AvgIpc) is 2.82. The molecular weight excluding hydrogens is 306 g/mol. The van der Waals surface area contributed by atoms with Gasteiger partial charge in [-0.05, 0) is 30.3 Å². The SMILES string of the molecule is Cn1/c(=N/NC(=O)c2cccc(Cl)c2)sc2ccccc21. The first-order valence-corrected chi connectivity index (χ1v) is 7.49. The number of hydrogen-bond donors (Lipinski definition) is 1. The fourth-order valence-electron chi connectivity index (χ4n) is 1.98. The summed E-state index contributed by atoms with van der Waals surface area (Å²) in [7, 11) is 1.92. The number of fused-ring (bicyclic) bond motifs is 1. The molecule has 0 aliphatic heterocycles. The van der Waals surface area contributed by atoms with E-state index >= 15 is 0 Å². The maximum atomic E-state index is 12.0. The minimum atomic E-state index is -0.282. The van der Waals surface area contributed by atoms with Crippen LogP contribution in [-0.2, 0) is 7.05 Å². The first-order chi connectivity index (χ1) is 10.1. The number of hydrogen-bond acceptors (Lipinski definition) is 3. The standard InChI is InChI=1S/C15H12ClN3OS/c1-19-12-7-2-3-8-13(12)21-15(19)18-17-14(20)10-5-4-6-11(16)9-10/h2-9H,1H3,(H,17,20)/b18-15-. The van der Waals surface area contributed by atoms with Crippen molar-refractivity contribution >= 4 is 39.1 Å². The van der Waals surface area contributed by atoms with E-state index < -0.39 is 0 Å². The van der Waals surface area contributed by atoms with Crippen molar-refractivity contribution in [2.45, 2.75) is 0 Å². The van der Waals surface area contributed by atoms with Crippen LogP contribution in [0.15, 0.2) is 53.6 Å². The van der Waals surface area contributed by atoms with Crippen molar-refractivity contribution < 1.29 is 4.79 Å². The predicted molar refractivity (Wildman–Crippen MR) is 85.3 cm³/mol. The Labute approximate surface area is 130 Å². The Kier molecular flexibility index (Phi) is 3.77. The minimum absolute atomic E-state index is 0.282. The summed E-state index contributed by atoms with van der Waals surface area (Å²) in [6.45, 7) is 0. The summed E-state index contributed by atoms with van der Waals surface area (Å²) in [4.78, 5) is 12.8. The van der Waals surface area contributed by atoms with Gasteiger partial charge in [0.1, 0.15) is 0 Å². The van der Waals surface area contributed by atoms with Gasteiger partial charge in [0.25, 0.3) is 5.91 Å². The van der Waals surface area contributed by atoms with Crippen LogP contribution in [0.5, 0.6) is 0 Å². The second-order valence-corrected chi connectivity index (χ2v) is 5.92. The van der Waals surface area contributed by atoms with Crippen molar-refractivity contribution in [1.29, 1.82) is 0 Å². The van der Waals surface area contributed by atoms with Crippen molar-refractivity contribution in [1.82, 2.24) is 9.99 Å². The zero-order chi connectivity index (χ0) is 14.8. The van der Waals surface area contributed by atoms with Gasteiger partial charge in [0.2, 0.25) is 4.80 Å². The molecule has 0 aliphatic rings. The van der Waals surface area contributed by atoms with Crippen molar-refractivity contribution in [2.24, 2.45) is 12.1 Å². The van der Waals surface area contributed by atoms with Gasteiger partial charge < -0.3 is 4.57 Å². The molecule has 0 bridgehead atoms. The lowest BCUT2D eigenvalue weighted by atomic mass is 10.2. The number of rotatable bonds is 2. The lowest BCUT2D eigenvalue weighted by Crippen LogP contribution is -2.23. The molecule has 0 unspecified atom stereocenters. The van der Waals surface area contributed by atoms with Crippen LogP contribution in [0.25, 0.3) is 10.2 Å². The maximum absolute atomic E-state index is 12.0. The molecule has 106 valence electrons. The highest BCUT2D eigenvalue weighted by Crippen LogP contribution is 2.15. The van der Waals surface area contributed by atoms with Crippen molar-refractivity contribution in [3.8, 4) is 0 Å². The van der Waals surface area contributed by atoms with E-state index in [0.29, 0.717) is 10.6 Å². The molecule has 1 heterocycles. The van der Waals surface area contributed by atoms with Crippen LogP contribution in [-0.4, -0.2) is 10.5 Å². The van der Waals surface area contributed by atoms with E-state index in [4.69, 9.17) is 11.6 Å². The number of benzene rings is 2. The van der Waals surface area contributed by atoms with Gasteiger partial charge >= 0.3 is 0 Å². The summed E-state index contributed by atoms with van der Waals surface area (Å²) in [5, 5.41) is 4.71. The van der Waals surface area contributed by atoms with E-state index in [2.05, 4.69) is 10.5 Å². The molecule has 0 radical (unpaired) electrons. The molecule has 6 heteroatoms. The molecule has 1 N–H and O–H groups in total. The lowest BCUT2D eigenvalue weighted by Gasteiger charge is -2.00. The normalized spacial score (nSPS) is 11.8. The number of nitrogens with zero attached hydrogens (tertiary/aromatic N) is 2. The van der Waals surface area contributed by atoms with Gasteiger partial charge in [0, 0.05) is 17.6 Å². The van der Waals surface area contributed by atoms with E-state index in [1.165, 1.54) is 11.3 Å². The number of para-hydroxylation sites is 1. The highest BCUT2D eigenvalue weighted by atomic mass is 35.5. The molecule has 21 heavy (non-hydrogen) atoms. The van der Waals surface area contributed by atoms with Crippen LogP contribution >= 0.6 is 22.9 Å². The summed E-state index contributed by atoms with van der Waals surface area (Å²) in [5.41, 5.74) is 4.12. The average molecular weight is 318 g/mol. The quantitative estimate of drug-likeness (QED) is 0.725. The fourth-order valence-corrected chi connectivity index (χ4v) is 3.15. The summed E-state index contributed by atoms with van der Waals surface area (Å²) < 4.78 is 3.06. The van der Waals surface area contributed by atoms with Crippen molar-refractivity contribution in [3.05, 3.63) is 63.9 Å². The molecule has 0 atom stereocenters. The molecule has 3 rings (SSSR count). The molecule has 2 aromatic carbocycles. The Hall–Kier alpha value is -2.11. The van der Waals surface area contributed by atoms with E-state index in [0.717, 1.165) is 15.0 Å². The third-order valence-corrected chi connectivity index (χ3v) is 4.40. The molecule has 0 spiro atoms. The van der Waals surface area contributed by atoms with Gasteiger partial charge in [-0.3, -0.25) is 4.79 Å². The van der Waals surface area contributed by atoms with Gasteiger partial charge in [0.05, 0.1) is 10.2 Å². The van der Waals surface area contributed by atoms with E-state index in [9.17, 15) is 4.79 Å². The van der Waals surface area contributed by atoms with Gasteiger partial charge in [0.15, 0.2) is 0 Å². The smallest absolute Gasteiger partial charge is 0.271 e. The fraction of sp³-hybridized carbons (Fsp3) is 0.0667. The number of halogens is 1. The summed E-state index contributed by atoms with van der Waals surface area (Å²) in [5.74, 6) is -0.282. The lowest BCUT2D eigenvalue weighted by molar-refractivity contribution is 0.0953. The number of aromatic nitrogens is 1. The van der Waals surface area contributed by atoms with Crippen LogP contribution in [0.3, 0.4) is 0 Å². The van der Waals surface area contributed by atoms with E-state index in [1.807, 2.05) is 35.9 Å². The second-order valence-electron chi connectivity index (χ2n) is 4.47. The zero-order valence-corrected chi connectivity index (χ0v) is 12.8. The van der Waals surface area contributed by atoms with Gasteiger partial charge in [-0.1, -0.05) is 41.1 Å². The minimum Gasteiger partial charge on any atom is -0.318 e. The van der Waals surface area contributed by atoms with Gasteiger partial charge in [-0.25, -0.2) is 5.43 Å².